The molecule has 3 N–H and O–H groups in total. The van der Waals surface area contributed by atoms with E-state index in [2.05, 4.69) is 30.7 Å². The number of ether oxygens (including phenoxy) is 1. The molecule has 1 spiro atoms. The Labute approximate surface area is 186 Å². The Balaban J connectivity index is 1.47. The minimum atomic E-state index is -0.404. The fourth-order valence-electron chi connectivity index (χ4n) is 4.44. The zero-order chi connectivity index (χ0) is 22.6. The minimum Gasteiger partial charge on any atom is -0.496 e. The van der Waals surface area contributed by atoms with Crippen LogP contribution >= 0.6 is 0 Å². The molecule has 1 aromatic rings. The summed E-state index contributed by atoms with van der Waals surface area (Å²) in [6, 6.07) is 4.13. The van der Waals surface area contributed by atoms with E-state index >= 15 is 0 Å². The second-order valence-electron chi connectivity index (χ2n) is 10.3. The summed E-state index contributed by atoms with van der Waals surface area (Å²) in [6.07, 6.45) is 8.18. The largest absolute Gasteiger partial charge is 0.496 e. The van der Waals surface area contributed by atoms with Crippen LogP contribution < -0.4 is 10.5 Å². The Kier molecular flexibility index (Phi) is 7.20. The van der Waals surface area contributed by atoms with Gasteiger partial charge in [0, 0.05) is 12.1 Å². The van der Waals surface area contributed by atoms with Gasteiger partial charge in [-0.15, -0.1) is 0 Å². The van der Waals surface area contributed by atoms with Gasteiger partial charge < -0.3 is 20.8 Å². The Hall–Kier alpha value is -2.21. The summed E-state index contributed by atoms with van der Waals surface area (Å²) in [7, 11) is 1.50. The smallest absolute Gasteiger partial charge is 0.128 e. The number of methoxy groups -OCH3 is 1. The molecule has 31 heavy (non-hydrogen) atoms. The van der Waals surface area contributed by atoms with Crippen molar-refractivity contribution in [2.45, 2.75) is 46.5 Å². The molecule has 0 aromatic heterocycles. The van der Waals surface area contributed by atoms with Crippen molar-refractivity contribution in [2.75, 3.05) is 33.3 Å². The first-order valence-electron chi connectivity index (χ1n) is 11.2. The van der Waals surface area contributed by atoms with Gasteiger partial charge in [-0.25, -0.2) is 4.39 Å². The molecule has 2 aliphatic rings. The van der Waals surface area contributed by atoms with Gasteiger partial charge in [-0.05, 0) is 92.4 Å². The quantitative estimate of drug-likeness (QED) is 0.467. The first-order chi connectivity index (χ1) is 14.6. The highest BCUT2D eigenvalue weighted by atomic mass is 19.1. The van der Waals surface area contributed by atoms with E-state index in [9.17, 15) is 4.39 Å². The van der Waals surface area contributed by atoms with Gasteiger partial charge in [0.05, 0.1) is 12.8 Å². The van der Waals surface area contributed by atoms with Gasteiger partial charge in [0.2, 0.25) is 0 Å². The predicted octanol–water partition coefficient (Wildman–Crippen LogP) is 4.65. The Morgan fingerprint density at radius 1 is 1.32 bits per heavy atom. The summed E-state index contributed by atoms with van der Waals surface area (Å²) in [4.78, 5) is 7.15. The lowest BCUT2D eigenvalue weighted by Gasteiger charge is -2.34. The van der Waals surface area contributed by atoms with Crippen LogP contribution in [0.25, 0.3) is 0 Å². The van der Waals surface area contributed by atoms with E-state index in [-0.39, 0.29) is 5.71 Å². The SMILES string of the molecule is COc1ccc(F)cc1C(=N)/C=C\C(N)=NCC1CC12CCN(CCC(C)(C)C)CC2. The number of aliphatic imine (C=N–C) groups is 1. The number of likely N-dealkylation sites (tertiary alicyclic amines) is 1. The van der Waals surface area contributed by atoms with Gasteiger partial charge in [0.15, 0.2) is 0 Å². The molecule has 5 nitrogen and oxygen atoms in total. The van der Waals surface area contributed by atoms with Gasteiger partial charge >= 0.3 is 0 Å². The van der Waals surface area contributed by atoms with Crippen molar-refractivity contribution in [1.82, 2.24) is 4.90 Å². The number of amidine groups is 1. The molecule has 1 saturated carbocycles. The molecule has 2 fully saturated rings. The van der Waals surface area contributed by atoms with E-state index < -0.39 is 5.82 Å². The van der Waals surface area contributed by atoms with Crippen LogP contribution in [-0.4, -0.2) is 49.7 Å². The van der Waals surface area contributed by atoms with E-state index in [4.69, 9.17) is 15.9 Å². The fraction of sp³-hybridized carbons (Fsp3) is 0.600. The molecule has 1 atom stereocenters. The summed E-state index contributed by atoms with van der Waals surface area (Å²) in [5.74, 6) is 1.08. The Morgan fingerprint density at radius 2 is 2.03 bits per heavy atom. The Morgan fingerprint density at radius 3 is 2.68 bits per heavy atom. The number of nitrogens with one attached hydrogen (secondary N) is 1. The van der Waals surface area contributed by atoms with Crippen LogP contribution in [0.3, 0.4) is 0 Å². The highest BCUT2D eigenvalue weighted by molar-refractivity contribution is 6.11. The minimum absolute atomic E-state index is 0.139. The molecule has 0 amide bonds. The molecule has 3 rings (SSSR count). The third-order valence-electron chi connectivity index (χ3n) is 6.76. The highest BCUT2D eigenvalue weighted by Gasteiger charge is 2.54. The van der Waals surface area contributed by atoms with Crippen molar-refractivity contribution in [1.29, 1.82) is 5.41 Å². The standard InChI is InChI=1S/C25H37FN4O/c1-24(2,3)9-12-30-13-10-25(11-14-30)16-18(25)17-29-23(28)8-6-21(27)20-15-19(26)5-7-22(20)31-4/h5-8,15,18,27H,9-14,16-17H2,1-4H3,(H2,28,29)/b8-6-,27-21?. The summed E-state index contributed by atoms with van der Waals surface area (Å²) >= 11 is 0. The molecule has 1 aromatic carbocycles. The third-order valence-corrected chi connectivity index (χ3v) is 6.76. The average molecular weight is 429 g/mol. The molecule has 1 aliphatic carbocycles. The average Bonchev–Trinajstić information content (AvgIpc) is 3.41. The zero-order valence-corrected chi connectivity index (χ0v) is 19.4. The second kappa shape index (κ2) is 9.51. The van der Waals surface area contributed by atoms with Crippen LogP contribution in [0.15, 0.2) is 35.3 Å². The van der Waals surface area contributed by atoms with E-state index in [0.29, 0.717) is 33.9 Å². The monoisotopic (exact) mass is 428 g/mol. The summed E-state index contributed by atoms with van der Waals surface area (Å²) in [5.41, 5.74) is 7.44. The number of allylic oxidation sites excluding steroid dienone is 1. The van der Waals surface area contributed by atoms with Crippen molar-refractivity contribution in [3.05, 3.63) is 41.7 Å². The van der Waals surface area contributed by atoms with Crippen LogP contribution in [0.2, 0.25) is 0 Å². The molecule has 1 saturated heterocycles. The number of piperidine rings is 1. The topological polar surface area (TPSA) is 74.7 Å². The van der Waals surface area contributed by atoms with Crippen LogP contribution in [-0.2, 0) is 0 Å². The number of nitrogens with zero attached hydrogens (tertiary/aromatic N) is 2. The van der Waals surface area contributed by atoms with Crippen LogP contribution in [0.4, 0.5) is 4.39 Å². The maximum Gasteiger partial charge on any atom is 0.128 e. The molecular weight excluding hydrogens is 391 g/mol. The van der Waals surface area contributed by atoms with Crippen LogP contribution in [0, 0.1) is 28.0 Å². The lowest BCUT2D eigenvalue weighted by molar-refractivity contribution is 0.146. The normalized spacial score (nSPS) is 21.6. The van der Waals surface area contributed by atoms with Crippen molar-refractivity contribution < 1.29 is 9.13 Å². The summed E-state index contributed by atoms with van der Waals surface area (Å²) in [5, 5.41) is 8.19. The van der Waals surface area contributed by atoms with Crippen LogP contribution in [0.1, 0.15) is 52.0 Å². The van der Waals surface area contributed by atoms with Gasteiger partial charge in [0.1, 0.15) is 17.4 Å². The molecule has 6 heteroatoms. The van der Waals surface area contributed by atoms with E-state index in [1.54, 1.807) is 12.2 Å². The highest BCUT2D eigenvalue weighted by Crippen LogP contribution is 2.59. The fourth-order valence-corrected chi connectivity index (χ4v) is 4.44. The van der Waals surface area contributed by atoms with Crippen molar-refractivity contribution in [3.63, 3.8) is 0 Å². The molecule has 1 unspecified atom stereocenters. The first-order valence-corrected chi connectivity index (χ1v) is 11.2. The first kappa shape index (κ1) is 23.5. The molecule has 1 aliphatic heterocycles. The van der Waals surface area contributed by atoms with Crippen molar-refractivity contribution >= 4 is 11.5 Å². The maximum absolute atomic E-state index is 13.5. The van der Waals surface area contributed by atoms with E-state index in [1.165, 1.54) is 70.6 Å². The van der Waals surface area contributed by atoms with Gasteiger partial charge in [-0.3, -0.25) is 4.99 Å². The molecule has 0 bridgehead atoms. The lowest BCUT2D eigenvalue weighted by Crippen LogP contribution is -2.37. The number of benzene rings is 1. The van der Waals surface area contributed by atoms with Gasteiger partial charge in [0.25, 0.3) is 0 Å². The van der Waals surface area contributed by atoms with E-state index in [0.717, 1.165) is 6.54 Å². The molecular formula is C25H37FN4O. The number of hydrogen-bond acceptors (Lipinski definition) is 4. The third kappa shape index (κ3) is 6.39. The van der Waals surface area contributed by atoms with Crippen molar-refractivity contribution in [2.24, 2.45) is 27.5 Å². The molecule has 1 heterocycles. The zero-order valence-electron chi connectivity index (χ0n) is 19.4. The maximum atomic E-state index is 13.5. The molecule has 170 valence electrons. The number of halogens is 1. The number of rotatable bonds is 8. The van der Waals surface area contributed by atoms with Crippen molar-refractivity contribution in [3.8, 4) is 5.75 Å². The Bertz CT molecular complexity index is 848. The number of hydrogen-bond donors (Lipinski definition) is 2. The summed E-state index contributed by atoms with van der Waals surface area (Å²) < 4.78 is 18.7. The summed E-state index contributed by atoms with van der Waals surface area (Å²) in [6.45, 7) is 11.3. The van der Waals surface area contributed by atoms with Gasteiger partial charge in [-0.1, -0.05) is 20.8 Å². The molecule has 0 radical (unpaired) electrons. The predicted molar refractivity (Wildman–Crippen MR) is 126 cm³/mol. The van der Waals surface area contributed by atoms with E-state index in [1.807, 2.05) is 0 Å². The second-order valence-corrected chi connectivity index (χ2v) is 10.3. The number of nitrogens with two attached hydrogens (primary N) is 1. The lowest BCUT2D eigenvalue weighted by atomic mass is 9.88. The van der Waals surface area contributed by atoms with Crippen LogP contribution in [0.5, 0.6) is 5.75 Å². The van der Waals surface area contributed by atoms with Gasteiger partial charge in [-0.2, -0.15) is 0 Å².